The lowest BCUT2D eigenvalue weighted by Gasteiger charge is -2.18. The number of rotatable bonds is 7. The van der Waals surface area contributed by atoms with Crippen molar-refractivity contribution in [1.82, 2.24) is 0 Å². The molecule has 27 heavy (non-hydrogen) atoms. The highest BCUT2D eigenvalue weighted by atomic mass is 19.4. The molecule has 6 nitrogen and oxygen atoms in total. The smallest absolute Gasteiger partial charge is 0.497 e. The van der Waals surface area contributed by atoms with Gasteiger partial charge in [-0.3, -0.25) is 4.79 Å². The molecule has 0 saturated heterocycles. The van der Waals surface area contributed by atoms with Crippen molar-refractivity contribution in [3.63, 3.8) is 0 Å². The molecular weight excluding hydrogens is 365 g/mol. The number of ether oxygens (including phenoxy) is 3. The first kappa shape index (κ1) is 20.2. The van der Waals surface area contributed by atoms with Crippen LogP contribution in [0.3, 0.4) is 0 Å². The molecule has 0 bridgehead atoms. The Morgan fingerprint density at radius 1 is 1.00 bits per heavy atom. The van der Waals surface area contributed by atoms with Gasteiger partial charge >= 0.3 is 6.36 Å². The van der Waals surface area contributed by atoms with Gasteiger partial charge in [-0.15, -0.1) is 13.2 Å². The number of anilines is 2. The maximum atomic E-state index is 12.3. The molecule has 2 aromatic carbocycles. The molecule has 0 aliphatic rings. The van der Waals surface area contributed by atoms with Crippen LogP contribution < -0.4 is 24.8 Å². The quantitative estimate of drug-likeness (QED) is 0.754. The predicted octanol–water partition coefficient (Wildman–Crippen LogP) is 4.04. The lowest BCUT2D eigenvalue weighted by molar-refractivity contribution is -0.274. The molecule has 9 heteroatoms. The number of nitrogens with one attached hydrogen (secondary N) is 2. The van der Waals surface area contributed by atoms with Crippen LogP contribution in [0.2, 0.25) is 0 Å². The normalized spacial score (nSPS) is 12.1. The molecule has 146 valence electrons. The van der Waals surface area contributed by atoms with Gasteiger partial charge < -0.3 is 24.8 Å². The largest absolute Gasteiger partial charge is 0.573 e. The molecular formula is C18H19F3N2O4. The van der Waals surface area contributed by atoms with Gasteiger partial charge in [-0.05, 0) is 43.3 Å². The number of hydrogen-bond acceptors (Lipinski definition) is 5. The van der Waals surface area contributed by atoms with E-state index in [1.807, 2.05) is 0 Å². The van der Waals surface area contributed by atoms with Crippen molar-refractivity contribution in [2.75, 3.05) is 24.9 Å². The van der Waals surface area contributed by atoms with Crippen LogP contribution in [-0.4, -0.2) is 32.5 Å². The van der Waals surface area contributed by atoms with Crippen molar-refractivity contribution in [1.29, 1.82) is 0 Å². The molecule has 0 aliphatic heterocycles. The van der Waals surface area contributed by atoms with Crippen LogP contribution >= 0.6 is 0 Å². The van der Waals surface area contributed by atoms with Gasteiger partial charge in [-0.25, -0.2) is 0 Å². The summed E-state index contributed by atoms with van der Waals surface area (Å²) in [6.07, 6.45) is -4.76. The molecule has 0 fully saturated rings. The summed E-state index contributed by atoms with van der Waals surface area (Å²) < 4.78 is 50.6. The zero-order valence-electron chi connectivity index (χ0n) is 14.9. The highest BCUT2D eigenvalue weighted by Crippen LogP contribution is 2.29. The molecule has 2 rings (SSSR count). The summed E-state index contributed by atoms with van der Waals surface area (Å²) in [5.41, 5.74) is 0.930. The molecule has 2 aromatic rings. The molecule has 0 unspecified atom stereocenters. The first-order chi connectivity index (χ1) is 12.7. The number of alkyl halides is 3. The molecule has 1 atom stereocenters. The fourth-order valence-corrected chi connectivity index (χ4v) is 2.21. The van der Waals surface area contributed by atoms with Crippen LogP contribution in [0.25, 0.3) is 0 Å². The van der Waals surface area contributed by atoms with Crippen molar-refractivity contribution < 1.29 is 32.2 Å². The van der Waals surface area contributed by atoms with Crippen molar-refractivity contribution in [2.24, 2.45) is 0 Å². The molecule has 0 heterocycles. The zero-order valence-corrected chi connectivity index (χ0v) is 14.9. The summed E-state index contributed by atoms with van der Waals surface area (Å²) >= 11 is 0. The summed E-state index contributed by atoms with van der Waals surface area (Å²) in [7, 11) is 3.03. The van der Waals surface area contributed by atoms with E-state index in [9.17, 15) is 18.0 Å². The molecule has 0 aliphatic carbocycles. The lowest BCUT2D eigenvalue weighted by atomic mass is 10.2. The van der Waals surface area contributed by atoms with Gasteiger partial charge in [-0.1, -0.05) is 0 Å². The van der Waals surface area contributed by atoms with Gasteiger partial charge in [0.2, 0.25) is 5.91 Å². The number of carbonyl (C=O) groups is 1. The second-order valence-electron chi connectivity index (χ2n) is 5.49. The Kier molecular flexibility index (Phi) is 6.38. The number of hydrogen-bond donors (Lipinski definition) is 2. The van der Waals surface area contributed by atoms with Gasteiger partial charge in [0.05, 0.1) is 19.9 Å². The standard InChI is InChI=1S/C18H19F3N2O4/c1-11(22-15-9-8-14(25-2)10-16(15)26-3)17(24)23-12-4-6-13(7-5-12)27-18(19,20)21/h4-11,22H,1-3H3,(H,23,24)/t11-/m1/s1. The van der Waals surface area contributed by atoms with Crippen LogP contribution in [0.15, 0.2) is 42.5 Å². The minimum atomic E-state index is -4.76. The third-order valence-electron chi connectivity index (χ3n) is 3.53. The van der Waals surface area contributed by atoms with Gasteiger partial charge in [0, 0.05) is 11.8 Å². The molecule has 0 aromatic heterocycles. The van der Waals surface area contributed by atoms with E-state index in [0.717, 1.165) is 12.1 Å². The first-order valence-electron chi connectivity index (χ1n) is 7.87. The number of amides is 1. The minimum Gasteiger partial charge on any atom is -0.497 e. The Hall–Kier alpha value is -3.10. The zero-order chi connectivity index (χ0) is 20.0. The van der Waals surface area contributed by atoms with Crippen molar-refractivity contribution >= 4 is 17.3 Å². The lowest BCUT2D eigenvalue weighted by Crippen LogP contribution is -2.32. The van der Waals surface area contributed by atoms with Crippen LogP contribution in [0.4, 0.5) is 24.5 Å². The van der Waals surface area contributed by atoms with E-state index in [1.54, 1.807) is 25.1 Å². The minimum absolute atomic E-state index is 0.338. The van der Waals surface area contributed by atoms with Crippen LogP contribution in [-0.2, 0) is 4.79 Å². The number of halogens is 3. The van der Waals surface area contributed by atoms with Crippen LogP contribution in [0.5, 0.6) is 17.2 Å². The average Bonchev–Trinajstić information content (AvgIpc) is 2.62. The fraction of sp³-hybridized carbons (Fsp3) is 0.278. The topological polar surface area (TPSA) is 68.8 Å². The SMILES string of the molecule is COc1ccc(N[C@H](C)C(=O)Nc2ccc(OC(F)(F)F)cc2)c(OC)c1. The number of carbonyl (C=O) groups excluding carboxylic acids is 1. The number of benzene rings is 2. The number of methoxy groups -OCH3 is 2. The first-order valence-corrected chi connectivity index (χ1v) is 7.87. The van der Waals surface area contributed by atoms with Gasteiger partial charge in [-0.2, -0.15) is 0 Å². The predicted molar refractivity (Wildman–Crippen MR) is 94.4 cm³/mol. The van der Waals surface area contributed by atoms with E-state index in [4.69, 9.17) is 9.47 Å². The van der Waals surface area contributed by atoms with Crippen molar-refractivity contribution in [3.8, 4) is 17.2 Å². The average molecular weight is 384 g/mol. The molecule has 0 radical (unpaired) electrons. The highest BCUT2D eigenvalue weighted by Gasteiger charge is 2.31. The van der Waals surface area contributed by atoms with Gasteiger partial charge in [0.15, 0.2) is 0 Å². The van der Waals surface area contributed by atoms with E-state index in [-0.39, 0.29) is 11.7 Å². The molecule has 0 spiro atoms. The Labute approximate surface area is 154 Å². The second kappa shape index (κ2) is 8.52. The van der Waals surface area contributed by atoms with Gasteiger partial charge in [0.25, 0.3) is 0 Å². The molecule has 1 amide bonds. The fourth-order valence-electron chi connectivity index (χ4n) is 2.21. The Balaban J connectivity index is 1.99. The third kappa shape index (κ3) is 5.98. The highest BCUT2D eigenvalue weighted by molar-refractivity contribution is 5.96. The van der Waals surface area contributed by atoms with Crippen molar-refractivity contribution in [2.45, 2.75) is 19.3 Å². The van der Waals surface area contributed by atoms with E-state index in [2.05, 4.69) is 15.4 Å². The monoisotopic (exact) mass is 384 g/mol. The summed E-state index contributed by atoms with van der Waals surface area (Å²) in [5.74, 6) is 0.366. The van der Waals surface area contributed by atoms with E-state index >= 15 is 0 Å². The maximum absolute atomic E-state index is 12.3. The summed E-state index contributed by atoms with van der Waals surface area (Å²) in [6, 6.07) is 9.34. The van der Waals surface area contributed by atoms with E-state index < -0.39 is 12.4 Å². The van der Waals surface area contributed by atoms with Crippen molar-refractivity contribution in [3.05, 3.63) is 42.5 Å². The van der Waals surface area contributed by atoms with E-state index in [0.29, 0.717) is 22.9 Å². The summed E-state index contributed by atoms with van der Waals surface area (Å²) in [4.78, 5) is 12.3. The van der Waals surface area contributed by atoms with E-state index in [1.165, 1.54) is 26.4 Å². The second-order valence-corrected chi connectivity index (χ2v) is 5.49. The van der Waals surface area contributed by atoms with Crippen LogP contribution in [0, 0.1) is 0 Å². The van der Waals surface area contributed by atoms with Gasteiger partial charge in [0.1, 0.15) is 23.3 Å². The molecule has 2 N–H and O–H groups in total. The molecule has 0 saturated carbocycles. The summed E-state index contributed by atoms with van der Waals surface area (Å²) in [5, 5.41) is 5.62. The Bertz CT molecular complexity index is 779. The maximum Gasteiger partial charge on any atom is 0.573 e. The third-order valence-corrected chi connectivity index (χ3v) is 3.53. The Morgan fingerprint density at radius 3 is 2.19 bits per heavy atom. The Morgan fingerprint density at radius 2 is 1.63 bits per heavy atom. The van der Waals surface area contributed by atoms with Crippen LogP contribution in [0.1, 0.15) is 6.92 Å². The summed E-state index contributed by atoms with van der Waals surface area (Å²) in [6.45, 7) is 1.64.